The van der Waals surface area contributed by atoms with Gasteiger partial charge in [0.1, 0.15) is 11.5 Å². The fourth-order valence-electron chi connectivity index (χ4n) is 3.49. The van der Waals surface area contributed by atoms with Crippen LogP contribution in [0.5, 0.6) is 11.5 Å². The predicted molar refractivity (Wildman–Crippen MR) is 124 cm³/mol. The lowest BCUT2D eigenvalue weighted by Gasteiger charge is -2.13. The van der Waals surface area contributed by atoms with Crippen molar-refractivity contribution in [3.05, 3.63) is 95.7 Å². The Labute approximate surface area is 190 Å². The first-order chi connectivity index (χ1) is 16.1. The van der Waals surface area contributed by atoms with Crippen molar-refractivity contribution in [3.63, 3.8) is 0 Å². The van der Waals surface area contributed by atoms with E-state index in [0.29, 0.717) is 34.9 Å². The molecule has 0 saturated heterocycles. The molecule has 7 nitrogen and oxygen atoms in total. The number of benzene rings is 3. The van der Waals surface area contributed by atoms with Gasteiger partial charge in [-0.05, 0) is 48.4 Å². The van der Waals surface area contributed by atoms with E-state index >= 15 is 0 Å². The normalized spacial score (nSPS) is 10.4. The van der Waals surface area contributed by atoms with Crippen molar-refractivity contribution in [1.82, 2.24) is 10.2 Å². The van der Waals surface area contributed by atoms with Gasteiger partial charge in [-0.15, -0.1) is 0 Å². The van der Waals surface area contributed by atoms with Crippen LogP contribution < -0.4 is 10.5 Å². The third kappa shape index (κ3) is 4.87. The van der Waals surface area contributed by atoms with Gasteiger partial charge in [0, 0.05) is 17.2 Å². The molecule has 1 aromatic heterocycles. The molecule has 3 N–H and O–H groups in total. The summed E-state index contributed by atoms with van der Waals surface area (Å²) in [7, 11) is 0. The summed E-state index contributed by atoms with van der Waals surface area (Å²) < 4.78 is 6.13. The van der Waals surface area contributed by atoms with E-state index in [2.05, 4.69) is 16.3 Å². The molecule has 0 aliphatic carbocycles. The molecule has 7 heteroatoms. The number of aromatic carboxylic acids is 1. The predicted octanol–water partition coefficient (Wildman–Crippen LogP) is 4.67. The molecular formula is C26H20N4O3. The maximum atomic E-state index is 11.6. The van der Waals surface area contributed by atoms with Crippen molar-refractivity contribution in [2.24, 2.45) is 5.73 Å². The van der Waals surface area contributed by atoms with Crippen molar-refractivity contribution in [3.8, 4) is 40.0 Å². The Balaban J connectivity index is 1.72. The average molecular weight is 436 g/mol. The van der Waals surface area contributed by atoms with Gasteiger partial charge >= 0.3 is 5.97 Å². The van der Waals surface area contributed by atoms with E-state index in [9.17, 15) is 15.2 Å². The number of carboxylic acid groups (broad SMARTS) is 1. The number of hydrogen-bond acceptors (Lipinski definition) is 6. The van der Waals surface area contributed by atoms with Crippen molar-refractivity contribution >= 4 is 5.97 Å². The molecule has 3 aromatic carbocycles. The van der Waals surface area contributed by atoms with Crippen LogP contribution in [0.4, 0.5) is 0 Å². The molecule has 0 bridgehead atoms. The van der Waals surface area contributed by atoms with Crippen LogP contribution in [0.1, 0.15) is 21.5 Å². The number of carboxylic acids is 1. The summed E-state index contributed by atoms with van der Waals surface area (Å²) in [5, 5.41) is 26.9. The van der Waals surface area contributed by atoms with Gasteiger partial charge in [0.25, 0.3) is 0 Å². The largest absolute Gasteiger partial charge is 0.478 e. The zero-order valence-corrected chi connectivity index (χ0v) is 17.6. The molecule has 162 valence electrons. The summed E-state index contributed by atoms with van der Waals surface area (Å²) >= 11 is 0. The van der Waals surface area contributed by atoms with E-state index < -0.39 is 5.97 Å². The van der Waals surface area contributed by atoms with Crippen LogP contribution in [0.2, 0.25) is 0 Å². The van der Waals surface area contributed by atoms with Gasteiger partial charge in [-0.3, -0.25) is 0 Å². The van der Waals surface area contributed by atoms with Crippen LogP contribution in [0.15, 0.2) is 79.0 Å². The second kappa shape index (κ2) is 9.73. The second-order valence-electron chi connectivity index (χ2n) is 7.29. The van der Waals surface area contributed by atoms with Crippen LogP contribution in [0, 0.1) is 11.3 Å². The van der Waals surface area contributed by atoms with E-state index in [1.165, 1.54) is 12.3 Å². The number of nitrogens with two attached hydrogens (primary N) is 1. The standard InChI is InChI=1S/C26H20N4O3/c27-12-11-17-5-8-19(9-6-17)21-10-7-18(15-28)13-25(21)33-20-14-24(30-29-16-20)22-3-1-2-4-23(22)26(31)32/h1-10,13-14,16H,11-12,27H2,(H,31,32). The van der Waals surface area contributed by atoms with E-state index in [4.69, 9.17) is 10.5 Å². The molecule has 0 atom stereocenters. The maximum Gasteiger partial charge on any atom is 0.336 e. The zero-order chi connectivity index (χ0) is 23.2. The van der Waals surface area contributed by atoms with Gasteiger partial charge in [-0.2, -0.15) is 15.5 Å². The Hall–Kier alpha value is -4.54. The number of aromatic nitrogens is 2. The SMILES string of the molecule is N#Cc1ccc(-c2ccc(CCN)cc2)c(Oc2cnnc(-c3ccccc3C(=O)O)c2)c1. The van der Waals surface area contributed by atoms with Crippen molar-refractivity contribution in [1.29, 1.82) is 5.26 Å². The monoisotopic (exact) mass is 436 g/mol. The highest BCUT2D eigenvalue weighted by Gasteiger charge is 2.15. The molecule has 0 fully saturated rings. The Morgan fingerprint density at radius 1 is 1.03 bits per heavy atom. The molecular weight excluding hydrogens is 416 g/mol. The minimum atomic E-state index is -1.05. The molecule has 0 amide bonds. The Morgan fingerprint density at radius 2 is 1.82 bits per heavy atom. The minimum absolute atomic E-state index is 0.119. The minimum Gasteiger partial charge on any atom is -0.478 e. The Morgan fingerprint density at radius 3 is 2.55 bits per heavy atom. The Kier molecular flexibility index (Phi) is 6.39. The van der Waals surface area contributed by atoms with Gasteiger partial charge < -0.3 is 15.6 Å². The summed E-state index contributed by atoms with van der Waals surface area (Å²) in [6.45, 7) is 0.576. The molecule has 0 aliphatic heterocycles. The lowest BCUT2D eigenvalue weighted by atomic mass is 10.0. The lowest BCUT2D eigenvalue weighted by Crippen LogP contribution is -2.02. The second-order valence-corrected chi connectivity index (χ2v) is 7.29. The smallest absolute Gasteiger partial charge is 0.336 e. The summed E-state index contributed by atoms with van der Waals surface area (Å²) in [6, 6.07) is 23.5. The van der Waals surface area contributed by atoms with Crippen LogP contribution in [0.3, 0.4) is 0 Å². The number of hydrogen-bond donors (Lipinski definition) is 2. The summed E-state index contributed by atoms with van der Waals surface area (Å²) in [6.07, 6.45) is 2.24. The maximum absolute atomic E-state index is 11.6. The molecule has 4 rings (SSSR count). The third-order valence-corrected chi connectivity index (χ3v) is 5.10. The first-order valence-electron chi connectivity index (χ1n) is 10.3. The Bertz CT molecular complexity index is 1340. The van der Waals surface area contributed by atoms with Crippen molar-refractivity contribution in [2.75, 3.05) is 6.54 Å². The molecule has 0 saturated carbocycles. The number of ether oxygens (including phenoxy) is 1. The van der Waals surface area contributed by atoms with E-state index in [0.717, 1.165) is 23.1 Å². The summed E-state index contributed by atoms with van der Waals surface area (Å²) in [5.41, 5.74) is 9.88. The fraction of sp³-hybridized carbons (Fsp3) is 0.0769. The topological polar surface area (TPSA) is 122 Å². The molecule has 0 radical (unpaired) electrons. The zero-order valence-electron chi connectivity index (χ0n) is 17.6. The van der Waals surface area contributed by atoms with E-state index in [1.807, 2.05) is 30.3 Å². The van der Waals surface area contributed by atoms with Crippen LogP contribution >= 0.6 is 0 Å². The molecule has 1 heterocycles. The van der Waals surface area contributed by atoms with E-state index in [1.54, 1.807) is 36.4 Å². The van der Waals surface area contributed by atoms with Gasteiger partial charge in [0.2, 0.25) is 0 Å². The van der Waals surface area contributed by atoms with Gasteiger partial charge in [0.05, 0.1) is 29.1 Å². The lowest BCUT2D eigenvalue weighted by molar-refractivity contribution is 0.0697. The molecule has 4 aromatic rings. The highest BCUT2D eigenvalue weighted by Crippen LogP contribution is 2.35. The third-order valence-electron chi connectivity index (χ3n) is 5.10. The highest BCUT2D eigenvalue weighted by atomic mass is 16.5. The number of rotatable bonds is 7. The molecule has 0 unspecified atom stereocenters. The van der Waals surface area contributed by atoms with Crippen LogP contribution in [-0.4, -0.2) is 27.8 Å². The molecule has 0 spiro atoms. The van der Waals surface area contributed by atoms with Crippen LogP contribution in [-0.2, 0) is 6.42 Å². The van der Waals surface area contributed by atoms with Gasteiger partial charge in [0.15, 0.2) is 0 Å². The number of nitrogens with zero attached hydrogens (tertiary/aromatic N) is 3. The molecule has 33 heavy (non-hydrogen) atoms. The van der Waals surface area contributed by atoms with Crippen LogP contribution in [0.25, 0.3) is 22.4 Å². The van der Waals surface area contributed by atoms with Gasteiger partial charge in [-0.25, -0.2) is 4.79 Å². The summed E-state index contributed by atoms with van der Waals surface area (Å²) in [5.74, 6) is -0.205. The number of carbonyl (C=O) groups is 1. The quantitative estimate of drug-likeness (QED) is 0.431. The molecule has 0 aliphatic rings. The first kappa shape index (κ1) is 21.7. The van der Waals surface area contributed by atoms with E-state index in [-0.39, 0.29) is 5.56 Å². The van der Waals surface area contributed by atoms with Crippen molar-refractivity contribution in [2.45, 2.75) is 6.42 Å². The first-order valence-corrected chi connectivity index (χ1v) is 10.3. The highest BCUT2D eigenvalue weighted by molar-refractivity contribution is 5.95. The van der Waals surface area contributed by atoms with Gasteiger partial charge in [-0.1, -0.05) is 42.5 Å². The van der Waals surface area contributed by atoms with Crippen molar-refractivity contribution < 1.29 is 14.6 Å². The average Bonchev–Trinajstić information content (AvgIpc) is 2.85. The summed E-state index contributed by atoms with van der Waals surface area (Å²) in [4.78, 5) is 11.6. The number of nitriles is 1. The fourth-order valence-corrected chi connectivity index (χ4v) is 3.49.